The van der Waals surface area contributed by atoms with Crippen LogP contribution >= 0.6 is 27.3 Å². The van der Waals surface area contributed by atoms with Gasteiger partial charge < -0.3 is 5.32 Å². The van der Waals surface area contributed by atoms with E-state index < -0.39 is 10.0 Å². The third-order valence-electron chi connectivity index (χ3n) is 2.13. The topological polar surface area (TPSA) is 49.4 Å². The Labute approximate surface area is 109 Å². The predicted octanol–water partition coefficient (Wildman–Crippen LogP) is 1.74. The third-order valence-corrected chi connectivity index (χ3v) is 6.63. The Kier molecular flexibility index (Phi) is 5.39. The van der Waals surface area contributed by atoms with Crippen LogP contribution in [0.4, 0.5) is 0 Å². The van der Waals surface area contributed by atoms with Gasteiger partial charge in [0.2, 0.25) is 0 Å². The van der Waals surface area contributed by atoms with E-state index in [1.807, 2.05) is 7.05 Å². The number of nitrogens with one attached hydrogen (secondary N) is 1. The average molecular weight is 327 g/mol. The molecule has 0 aliphatic carbocycles. The molecule has 0 aromatic carbocycles. The van der Waals surface area contributed by atoms with Gasteiger partial charge in [0.25, 0.3) is 10.0 Å². The summed E-state index contributed by atoms with van der Waals surface area (Å²) in [4.78, 5) is 0. The molecule has 0 aliphatic rings. The maximum absolute atomic E-state index is 12.1. The van der Waals surface area contributed by atoms with Crippen LogP contribution in [-0.2, 0) is 10.0 Å². The van der Waals surface area contributed by atoms with E-state index in [0.717, 1.165) is 13.0 Å². The second-order valence-corrected chi connectivity index (χ2v) is 7.35. The summed E-state index contributed by atoms with van der Waals surface area (Å²) < 4.78 is 26.6. The third kappa shape index (κ3) is 3.27. The molecule has 0 saturated heterocycles. The summed E-state index contributed by atoms with van der Waals surface area (Å²) in [5, 5.41) is 4.75. The highest BCUT2D eigenvalue weighted by Crippen LogP contribution is 2.29. The van der Waals surface area contributed by atoms with Gasteiger partial charge in [-0.3, -0.25) is 0 Å². The molecule has 16 heavy (non-hydrogen) atoms. The van der Waals surface area contributed by atoms with E-state index in [9.17, 15) is 8.42 Å². The van der Waals surface area contributed by atoms with Crippen LogP contribution in [0.25, 0.3) is 0 Å². The van der Waals surface area contributed by atoms with E-state index in [-0.39, 0.29) is 0 Å². The van der Waals surface area contributed by atoms with Crippen molar-refractivity contribution in [2.24, 2.45) is 0 Å². The normalized spacial score (nSPS) is 12.2. The zero-order valence-corrected chi connectivity index (χ0v) is 12.5. The minimum atomic E-state index is -3.33. The lowest BCUT2D eigenvalue weighted by Crippen LogP contribution is -2.29. The summed E-state index contributed by atoms with van der Waals surface area (Å²) in [7, 11) is 0.130. The van der Waals surface area contributed by atoms with Gasteiger partial charge in [0.05, 0.1) is 0 Å². The first-order valence-corrected chi connectivity index (χ1v) is 7.95. The van der Waals surface area contributed by atoms with Crippen molar-refractivity contribution in [2.45, 2.75) is 10.6 Å². The summed E-state index contributed by atoms with van der Waals surface area (Å²) >= 11 is 4.48. The number of rotatable bonds is 6. The fourth-order valence-corrected chi connectivity index (χ4v) is 4.92. The molecule has 0 spiro atoms. The lowest BCUT2D eigenvalue weighted by molar-refractivity contribution is 0.459. The second-order valence-electron chi connectivity index (χ2n) is 3.34. The van der Waals surface area contributed by atoms with Gasteiger partial charge in [-0.05, 0) is 47.4 Å². The number of nitrogens with zero attached hydrogens (tertiary/aromatic N) is 1. The fraction of sp³-hybridized carbons (Fsp3) is 0.556. The van der Waals surface area contributed by atoms with Crippen molar-refractivity contribution in [2.75, 3.05) is 27.2 Å². The van der Waals surface area contributed by atoms with Gasteiger partial charge in [-0.2, -0.15) is 0 Å². The molecule has 1 N–H and O–H groups in total. The molecule has 0 atom stereocenters. The first-order chi connectivity index (χ1) is 7.50. The standard InChI is InChI=1S/C9H15BrN2O2S2/c1-11-5-3-6-12(2)16(13,14)9-8(10)4-7-15-9/h4,7,11H,3,5-6H2,1-2H3. The van der Waals surface area contributed by atoms with Gasteiger partial charge in [0.15, 0.2) is 0 Å². The quantitative estimate of drug-likeness (QED) is 0.810. The Morgan fingerprint density at radius 1 is 1.56 bits per heavy atom. The summed E-state index contributed by atoms with van der Waals surface area (Å²) in [5.74, 6) is 0. The lowest BCUT2D eigenvalue weighted by atomic mass is 10.4. The Balaban J connectivity index is 2.75. The van der Waals surface area contributed by atoms with E-state index in [2.05, 4.69) is 21.2 Å². The number of hydrogen-bond donors (Lipinski definition) is 1. The molecule has 4 nitrogen and oxygen atoms in total. The van der Waals surface area contributed by atoms with Crippen molar-refractivity contribution >= 4 is 37.3 Å². The van der Waals surface area contributed by atoms with Gasteiger partial charge in [-0.15, -0.1) is 11.3 Å². The summed E-state index contributed by atoms with van der Waals surface area (Å²) in [6.45, 7) is 1.33. The van der Waals surface area contributed by atoms with Crippen molar-refractivity contribution < 1.29 is 8.42 Å². The molecule has 0 aliphatic heterocycles. The molecule has 0 unspecified atom stereocenters. The van der Waals surface area contributed by atoms with Crippen molar-refractivity contribution in [3.8, 4) is 0 Å². The van der Waals surface area contributed by atoms with Gasteiger partial charge >= 0.3 is 0 Å². The van der Waals surface area contributed by atoms with E-state index in [1.54, 1.807) is 18.5 Å². The van der Waals surface area contributed by atoms with E-state index in [4.69, 9.17) is 0 Å². The molecule has 1 heterocycles. The van der Waals surface area contributed by atoms with Crippen LogP contribution in [0.3, 0.4) is 0 Å². The van der Waals surface area contributed by atoms with E-state index >= 15 is 0 Å². The van der Waals surface area contributed by atoms with Crippen molar-refractivity contribution in [3.63, 3.8) is 0 Å². The number of halogens is 1. The Bertz CT molecular complexity index is 430. The van der Waals surface area contributed by atoms with Crippen LogP contribution in [0, 0.1) is 0 Å². The van der Waals surface area contributed by atoms with Gasteiger partial charge in [-0.25, -0.2) is 12.7 Å². The zero-order valence-electron chi connectivity index (χ0n) is 9.23. The molecule has 1 aromatic heterocycles. The Morgan fingerprint density at radius 3 is 2.75 bits per heavy atom. The summed E-state index contributed by atoms with van der Waals surface area (Å²) in [6, 6.07) is 1.75. The van der Waals surface area contributed by atoms with Crippen LogP contribution in [0.15, 0.2) is 20.1 Å². The smallest absolute Gasteiger partial charge is 0.253 e. The van der Waals surface area contributed by atoms with Crippen LogP contribution in [0.2, 0.25) is 0 Å². The SMILES string of the molecule is CNCCCN(C)S(=O)(=O)c1sccc1Br. The molecular formula is C9H15BrN2O2S2. The zero-order chi connectivity index (χ0) is 12.2. The molecule has 0 amide bonds. The maximum atomic E-state index is 12.1. The average Bonchev–Trinajstić information content (AvgIpc) is 2.65. The minimum absolute atomic E-state index is 0.374. The molecule has 92 valence electrons. The van der Waals surface area contributed by atoms with Crippen molar-refractivity contribution in [1.82, 2.24) is 9.62 Å². The summed E-state index contributed by atoms with van der Waals surface area (Å²) in [5.41, 5.74) is 0. The second kappa shape index (κ2) is 6.11. The number of hydrogen-bond acceptors (Lipinski definition) is 4. The first-order valence-electron chi connectivity index (χ1n) is 4.84. The molecule has 0 saturated carbocycles. The monoisotopic (exact) mass is 326 g/mol. The molecular weight excluding hydrogens is 312 g/mol. The molecule has 1 rings (SSSR count). The highest BCUT2D eigenvalue weighted by atomic mass is 79.9. The lowest BCUT2D eigenvalue weighted by Gasteiger charge is -2.16. The van der Waals surface area contributed by atoms with Gasteiger partial charge in [0, 0.05) is 18.1 Å². The fourth-order valence-electron chi connectivity index (χ4n) is 1.20. The maximum Gasteiger partial charge on any atom is 0.253 e. The molecule has 1 aromatic rings. The van der Waals surface area contributed by atoms with Crippen LogP contribution in [0.5, 0.6) is 0 Å². The summed E-state index contributed by atoms with van der Waals surface area (Å²) in [6.07, 6.45) is 0.801. The molecule has 0 fully saturated rings. The van der Waals surface area contributed by atoms with Crippen molar-refractivity contribution in [3.05, 3.63) is 15.9 Å². The van der Waals surface area contributed by atoms with Crippen LogP contribution < -0.4 is 5.32 Å². The Morgan fingerprint density at radius 2 is 2.25 bits per heavy atom. The van der Waals surface area contributed by atoms with E-state index in [1.165, 1.54) is 15.6 Å². The first kappa shape index (κ1) is 14.1. The molecule has 0 bridgehead atoms. The highest BCUT2D eigenvalue weighted by Gasteiger charge is 2.23. The van der Waals surface area contributed by atoms with Crippen molar-refractivity contribution in [1.29, 1.82) is 0 Å². The van der Waals surface area contributed by atoms with Gasteiger partial charge in [-0.1, -0.05) is 0 Å². The highest BCUT2D eigenvalue weighted by molar-refractivity contribution is 9.10. The largest absolute Gasteiger partial charge is 0.320 e. The molecule has 0 radical (unpaired) electrons. The predicted molar refractivity (Wildman–Crippen MR) is 70.4 cm³/mol. The minimum Gasteiger partial charge on any atom is -0.320 e. The van der Waals surface area contributed by atoms with Crippen LogP contribution in [0.1, 0.15) is 6.42 Å². The Hall–Kier alpha value is 0.0500. The van der Waals surface area contributed by atoms with Gasteiger partial charge in [0.1, 0.15) is 4.21 Å². The number of sulfonamides is 1. The van der Waals surface area contributed by atoms with E-state index in [0.29, 0.717) is 15.2 Å². The number of thiophene rings is 1. The molecule has 7 heteroatoms. The van der Waals surface area contributed by atoms with Crippen LogP contribution in [-0.4, -0.2) is 39.9 Å².